The molecule has 0 spiro atoms. The molecule has 0 bridgehead atoms. The maximum atomic E-state index is 12.4. The maximum absolute atomic E-state index is 12.4. The van der Waals surface area contributed by atoms with Crippen LogP contribution in [-0.4, -0.2) is 27.0 Å². The van der Waals surface area contributed by atoms with Gasteiger partial charge in [-0.2, -0.15) is 0 Å². The van der Waals surface area contributed by atoms with E-state index < -0.39 is 0 Å². The summed E-state index contributed by atoms with van der Waals surface area (Å²) in [4.78, 5) is 21.1. The minimum absolute atomic E-state index is 0.129. The first-order valence-electron chi connectivity index (χ1n) is 9.33. The molecule has 0 unspecified atom stereocenters. The molecule has 1 N–H and O–H groups in total. The molecule has 6 heteroatoms. The molecule has 6 nitrogen and oxygen atoms in total. The number of hydrogen-bond acceptors (Lipinski definition) is 4. The van der Waals surface area contributed by atoms with Gasteiger partial charge in [0.1, 0.15) is 17.2 Å². The van der Waals surface area contributed by atoms with Crippen LogP contribution in [0.2, 0.25) is 0 Å². The van der Waals surface area contributed by atoms with Gasteiger partial charge in [-0.25, -0.2) is 4.98 Å². The van der Waals surface area contributed by atoms with Crippen LogP contribution in [0.5, 0.6) is 11.5 Å². The summed E-state index contributed by atoms with van der Waals surface area (Å²) in [6, 6.07) is 22.3. The average Bonchev–Trinajstić information content (AvgIpc) is 3.24. The molecule has 2 heterocycles. The second-order valence-corrected chi connectivity index (χ2v) is 6.35. The predicted octanol–water partition coefficient (Wildman–Crippen LogP) is 4.17. The van der Waals surface area contributed by atoms with E-state index in [2.05, 4.69) is 15.3 Å². The molecule has 0 aliphatic rings. The van der Waals surface area contributed by atoms with Gasteiger partial charge < -0.3 is 14.6 Å². The lowest BCUT2D eigenvalue weighted by Crippen LogP contribution is -2.27. The Kier molecular flexibility index (Phi) is 5.62. The summed E-state index contributed by atoms with van der Waals surface area (Å²) < 4.78 is 7.72. The minimum atomic E-state index is -0.129. The van der Waals surface area contributed by atoms with Crippen molar-refractivity contribution in [3.63, 3.8) is 0 Å². The van der Waals surface area contributed by atoms with Crippen LogP contribution in [0.15, 0.2) is 91.4 Å². The van der Waals surface area contributed by atoms with Gasteiger partial charge in [0.25, 0.3) is 5.91 Å². The second-order valence-electron chi connectivity index (χ2n) is 6.35. The predicted molar refractivity (Wildman–Crippen MR) is 111 cm³/mol. The summed E-state index contributed by atoms with van der Waals surface area (Å²) >= 11 is 0. The molecule has 29 heavy (non-hydrogen) atoms. The van der Waals surface area contributed by atoms with Crippen molar-refractivity contribution in [2.24, 2.45) is 0 Å². The largest absolute Gasteiger partial charge is 0.457 e. The van der Waals surface area contributed by atoms with E-state index in [1.807, 2.05) is 59.3 Å². The zero-order valence-corrected chi connectivity index (χ0v) is 15.7. The molecular weight excluding hydrogens is 364 g/mol. The molecule has 0 atom stereocenters. The number of nitrogens with one attached hydrogen (secondary N) is 1. The zero-order chi connectivity index (χ0) is 19.9. The van der Waals surface area contributed by atoms with E-state index in [9.17, 15) is 4.79 Å². The first-order chi connectivity index (χ1) is 14.3. The Balaban J connectivity index is 1.32. The SMILES string of the molecule is O=C(NCCn1ccnc1-c1ccccn1)c1ccc(Oc2ccccc2)cc1. The summed E-state index contributed by atoms with van der Waals surface area (Å²) in [5, 5.41) is 2.94. The number of imidazole rings is 1. The third-order valence-corrected chi connectivity index (χ3v) is 4.34. The van der Waals surface area contributed by atoms with Crippen LogP contribution in [0.4, 0.5) is 0 Å². The van der Waals surface area contributed by atoms with Crippen molar-refractivity contribution in [1.29, 1.82) is 0 Å². The van der Waals surface area contributed by atoms with Crippen molar-refractivity contribution in [2.45, 2.75) is 6.54 Å². The van der Waals surface area contributed by atoms with Crippen molar-refractivity contribution in [2.75, 3.05) is 6.54 Å². The zero-order valence-electron chi connectivity index (χ0n) is 15.7. The Morgan fingerprint density at radius 2 is 1.62 bits per heavy atom. The average molecular weight is 384 g/mol. The van der Waals surface area contributed by atoms with Gasteiger partial charge in [-0.05, 0) is 48.5 Å². The van der Waals surface area contributed by atoms with Gasteiger partial charge in [0.2, 0.25) is 0 Å². The number of carbonyl (C=O) groups is 1. The van der Waals surface area contributed by atoms with Crippen molar-refractivity contribution in [3.8, 4) is 23.0 Å². The lowest BCUT2D eigenvalue weighted by Gasteiger charge is -2.10. The number of pyridine rings is 1. The molecule has 0 radical (unpaired) electrons. The molecular formula is C23H20N4O2. The summed E-state index contributed by atoms with van der Waals surface area (Å²) in [5.74, 6) is 2.10. The number of rotatable bonds is 7. The van der Waals surface area contributed by atoms with Crippen LogP contribution in [-0.2, 0) is 6.54 Å². The Labute approximate surface area is 168 Å². The van der Waals surface area contributed by atoms with Crippen molar-refractivity contribution >= 4 is 5.91 Å². The number of hydrogen-bond donors (Lipinski definition) is 1. The van der Waals surface area contributed by atoms with E-state index in [4.69, 9.17) is 4.74 Å². The molecule has 2 aromatic carbocycles. The van der Waals surface area contributed by atoms with Crippen LogP contribution in [0, 0.1) is 0 Å². The van der Waals surface area contributed by atoms with Crippen LogP contribution in [0.25, 0.3) is 11.5 Å². The first-order valence-corrected chi connectivity index (χ1v) is 9.33. The van der Waals surface area contributed by atoms with E-state index >= 15 is 0 Å². The number of ether oxygens (including phenoxy) is 1. The smallest absolute Gasteiger partial charge is 0.251 e. The molecule has 0 saturated heterocycles. The molecule has 0 saturated carbocycles. The van der Waals surface area contributed by atoms with Crippen molar-refractivity contribution in [1.82, 2.24) is 19.9 Å². The first kappa shape index (κ1) is 18.4. The summed E-state index contributed by atoms with van der Waals surface area (Å²) in [6.07, 6.45) is 5.35. The number of nitrogens with zero attached hydrogens (tertiary/aromatic N) is 3. The summed E-state index contributed by atoms with van der Waals surface area (Å²) in [5.41, 5.74) is 1.39. The van der Waals surface area contributed by atoms with Crippen LogP contribution >= 0.6 is 0 Å². The molecule has 2 aromatic heterocycles. The molecule has 4 aromatic rings. The van der Waals surface area contributed by atoms with Gasteiger partial charge in [-0.3, -0.25) is 9.78 Å². The lowest BCUT2D eigenvalue weighted by molar-refractivity contribution is 0.0952. The van der Waals surface area contributed by atoms with Crippen molar-refractivity contribution < 1.29 is 9.53 Å². The standard InChI is InChI=1S/C23H20N4O2/c28-23(18-9-11-20(12-10-18)29-19-6-2-1-3-7-19)26-15-17-27-16-14-25-22(27)21-8-4-5-13-24-21/h1-14,16H,15,17H2,(H,26,28). The molecule has 0 aliphatic carbocycles. The van der Waals surface area contributed by atoms with Gasteiger partial charge in [0.05, 0.1) is 0 Å². The lowest BCUT2D eigenvalue weighted by atomic mass is 10.2. The van der Waals surface area contributed by atoms with E-state index in [-0.39, 0.29) is 5.91 Å². The highest BCUT2D eigenvalue weighted by Crippen LogP contribution is 2.21. The molecule has 0 fully saturated rings. The Hall–Kier alpha value is -3.93. The monoisotopic (exact) mass is 384 g/mol. The van der Waals surface area contributed by atoms with Gasteiger partial charge in [0.15, 0.2) is 5.82 Å². The third kappa shape index (κ3) is 4.68. The fourth-order valence-electron chi connectivity index (χ4n) is 2.91. The van der Waals surface area contributed by atoms with E-state index in [0.29, 0.717) is 24.4 Å². The third-order valence-electron chi connectivity index (χ3n) is 4.34. The number of benzene rings is 2. The topological polar surface area (TPSA) is 69.0 Å². The maximum Gasteiger partial charge on any atom is 0.251 e. The normalized spacial score (nSPS) is 10.5. The molecule has 4 rings (SSSR count). The van der Waals surface area contributed by atoms with E-state index in [1.54, 1.807) is 36.7 Å². The van der Waals surface area contributed by atoms with Crippen LogP contribution in [0.3, 0.4) is 0 Å². The fourth-order valence-corrected chi connectivity index (χ4v) is 2.91. The van der Waals surface area contributed by atoms with Crippen LogP contribution in [0.1, 0.15) is 10.4 Å². The van der Waals surface area contributed by atoms with Crippen LogP contribution < -0.4 is 10.1 Å². The number of amides is 1. The van der Waals surface area contributed by atoms with E-state index in [0.717, 1.165) is 17.3 Å². The Morgan fingerprint density at radius 3 is 2.38 bits per heavy atom. The second kappa shape index (κ2) is 8.84. The molecule has 144 valence electrons. The van der Waals surface area contributed by atoms with Gasteiger partial charge in [0, 0.05) is 37.2 Å². The Morgan fingerprint density at radius 1 is 0.862 bits per heavy atom. The highest BCUT2D eigenvalue weighted by molar-refractivity contribution is 5.94. The summed E-state index contributed by atoms with van der Waals surface area (Å²) in [7, 11) is 0. The number of aromatic nitrogens is 3. The van der Waals surface area contributed by atoms with E-state index in [1.165, 1.54) is 0 Å². The Bertz CT molecular complexity index is 1060. The molecule has 0 aliphatic heterocycles. The highest BCUT2D eigenvalue weighted by atomic mass is 16.5. The number of para-hydroxylation sites is 1. The number of carbonyl (C=O) groups excluding carboxylic acids is 1. The molecule has 1 amide bonds. The quantitative estimate of drug-likeness (QED) is 0.519. The minimum Gasteiger partial charge on any atom is -0.457 e. The van der Waals surface area contributed by atoms with Gasteiger partial charge >= 0.3 is 0 Å². The van der Waals surface area contributed by atoms with Gasteiger partial charge in [-0.1, -0.05) is 24.3 Å². The van der Waals surface area contributed by atoms with Crippen molar-refractivity contribution in [3.05, 3.63) is 97.0 Å². The summed E-state index contributed by atoms with van der Waals surface area (Å²) in [6.45, 7) is 1.09. The highest BCUT2D eigenvalue weighted by Gasteiger charge is 2.09. The fraction of sp³-hybridized carbons (Fsp3) is 0.0870. The van der Waals surface area contributed by atoms with Gasteiger partial charge in [-0.15, -0.1) is 0 Å².